The number of piperazine rings is 1. The minimum Gasteiger partial charge on any atom is -0.336 e. The molecule has 5 rings (SSSR count). The van der Waals surface area contributed by atoms with Crippen LogP contribution in [-0.4, -0.2) is 56.7 Å². The molecule has 3 heterocycles. The Morgan fingerprint density at radius 3 is 2.47 bits per heavy atom. The summed E-state index contributed by atoms with van der Waals surface area (Å²) in [6.07, 6.45) is 1.66. The van der Waals surface area contributed by atoms with Crippen molar-refractivity contribution in [1.29, 1.82) is 0 Å². The zero-order valence-electron chi connectivity index (χ0n) is 17.9. The third-order valence-electron chi connectivity index (χ3n) is 5.99. The Morgan fingerprint density at radius 1 is 1.00 bits per heavy atom. The Bertz CT molecular complexity index is 1260. The number of aryl methyl sites for hydroxylation is 1. The van der Waals surface area contributed by atoms with E-state index >= 15 is 0 Å². The van der Waals surface area contributed by atoms with E-state index in [9.17, 15) is 9.18 Å². The van der Waals surface area contributed by atoms with Crippen LogP contribution in [0.2, 0.25) is 0 Å². The van der Waals surface area contributed by atoms with Crippen molar-refractivity contribution >= 4 is 16.9 Å². The summed E-state index contributed by atoms with van der Waals surface area (Å²) in [7, 11) is 1.77. The molecule has 0 atom stereocenters. The van der Waals surface area contributed by atoms with Gasteiger partial charge >= 0.3 is 0 Å². The molecule has 7 heteroatoms. The number of hydrogen-bond acceptors (Lipinski definition) is 4. The fraction of sp³-hybridized carbons (Fsp3) is 0.240. The second-order valence-electron chi connectivity index (χ2n) is 8.09. The molecule has 6 nitrogen and oxygen atoms in total. The SMILES string of the molecule is Cn1ncc2c(C(=O)N3CCN(Cc4ccccc4)CC3)cc(-c3ccccc3F)nc21. The molecule has 0 bridgehead atoms. The first-order chi connectivity index (χ1) is 15.6. The lowest BCUT2D eigenvalue weighted by Gasteiger charge is -2.35. The van der Waals surface area contributed by atoms with E-state index < -0.39 is 0 Å². The second-order valence-corrected chi connectivity index (χ2v) is 8.09. The van der Waals surface area contributed by atoms with Crippen molar-refractivity contribution in [2.75, 3.05) is 26.2 Å². The van der Waals surface area contributed by atoms with Crippen LogP contribution in [-0.2, 0) is 13.6 Å². The molecule has 0 radical (unpaired) electrons. The largest absolute Gasteiger partial charge is 0.336 e. The quantitative estimate of drug-likeness (QED) is 0.496. The number of benzene rings is 2. The smallest absolute Gasteiger partial charge is 0.254 e. The lowest BCUT2D eigenvalue weighted by Crippen LogP contribution is -2.48. The molecule has 32 heavy (non-hydrogen) atoms. The molecule has 1 aliphatic rings. The van der Waals surface area contributed by atoms with Crippen molar-refractivity contribution in [3.8, 4) is 11.3 Å². The number of carbonyl (C=O) groups excluding carboxylic acids is 1. The highest BCUT2D eigenvalue weighted by Crippen LogP contribution is 2.27. The molecule has 2 aromatic carbocycles. The Balaban J connectivity index is 1.41. The van der Waals surface area contributed by atoms with E-state index in [2.05, 4.69) is 27.1 Å². The van der Waals surface area contributed by atoms with Gasteiger partial charge in [0.2, 0.25) is 0 Å². The van der Waals surface area contributed by atoms with E-state index in [1.165, 1.54) is 11.6 Å². The van der Waals surface area contributed by atoms with Crippen LogP contribution in [0.3, 0.4) is 0 Å². The molecule has 0 spiro atoms. The van der Waals surface area contributed by atoms with E-state index in [1.54, 1.807) is 42.2 Å². The van der Waals surface area contributed by atoms with Gasteiger partial charge in [-0.05, 0) is 23.8 Å². The fourth-order valence-electron chi connectivity index (χ4n) is 4.22. The fourth-order valence-corrected chi connectivity index (χ4v) is 4.22. The zero-order chi connectivity index (χ0) is 22.1. The van der Waals surface area contributed by atoms with Gasteiger partial charge in [-0.15, -0.1) is 0 Å². The molecule has 4 aromatic rings. The van der Waals surface area contributed by atoms with Crippen molar-refractivity contribution in [3.05, 3.63) is 83.8 Å². The highest BCUT2D eigenvalue weighted by molar-refractivity contribution is 6.06. The van der Waals surface area contributed by atoms with Gasteiger partial charge in [0.1, 0.15) is 5.82 Å². The van der Waals surface area contributed by atoms with Crippen LogP contribution in [0, 0.1) is 5.82 Å². The predicted octanol–water partition coefficient (Wildman–Crippen LogP) is 3.73. The lowest BCUT2D eigenvalue weighted by molar-refractivity contribution is 0.0630. The van der Waals surface area contributed by atoms with E-state index in [0.717, 1.165) is 19.6 Å². The Labute approximate surface area is 185 Å². The Kier molecular flexibility index (Phi) is 5.41. The van der Waals surface area contributed by atoms with Gasteiger partial charge in [0.05, 0.1) is 22.8 Å². The molecule has 162 valence electrons. The number of carbonyl (C=O) groups is 1. The van der Waals surface area contributed by atoms with Crippen LogP contribution in [0.5, 0.6) is 0 Å². The average Bonchev–Trinajstić information content (AvgIpc) is 3.20. The molecule has 1 aliphatic heterocycles. The molecule has 1 fully saturated rings. The van der Waals surface area contributed by atoms with Gasteiger partial charge < -0.3 is 4.90 Å². The third-order valence-corrected chi connectivity index (χ3v) is 5.99. The highest BCUT2D eigenvalue weighted by Gasteiger charge is 2.25. The molecular weight excluding hydrogens is 405 g/mol. The van der Waals surface area contributed by atoms with Gasteiger partial charge in [0.15, 0.2) is 5.65 Å². The van der Waals surface area contributed by atoms with Gasteiger partial charge in [-0.2, -0.15) is 5.10 Å². The lowest BCUT2D eigenvalue weighted by atomic mass is 10.0. The van der Waals surface area contributed by atoms with E-state index in [4.69, 9.17) is 0 Å². The maximum atomic E-state index is 14.4. The number of amides is 1. The van der Waals surface area contributed by atoms with Crippen molar-refractivity contribution < 1.29 is 9.18 Å². The normalized spacial score (nSPS) is 14.8. The molecule has 0 unspecified atom stereocenters. The van der Waals surface area contributed by atoms with E-state index in [-0.39, 0.29) is 11.7 Å². The van der Waals surface area contributed by atoms with Crippen molar-refractivity contribution in [2.24, 2.45) is 7.05 Å². The summed E-state index contributed by atoms with van der Waals surface area (Å²) in [4.78, 5) is 22.3. The Morgan fingerprint density at radius 2 is 1.72 bits per heavy atom. The first-order valence-corrected chi connectivity index (χ1v) is 10.7. The van der Waals surface area contributed by atoms with Crippen molar-refractivity contribution in [1.82, 2.24) is 24.6 Å². The van der Waals surface area contributed by atoms with Crippen LogP contribution < -0.4 is 0 Å². The van der Waals surface area contributed by atoms with Crippen molar-refractivity contribution in [3.63, 3.8) is 0 Å². The van der Waals surface area contributed by atoms with Gasteiger partial charge in [-0.25, -0.2) is 9.37 Å². The molecule has 0 N–H and O–H groups in total. The molecular formula is C25H24FN5O. The van der Waals surface area contributed by atoms with Gasteiger partial charge in [-0.3, -0.25) is 14.4 Å². The van der Waals surface area contributed by atoms with Gasteiger partial charge in [0, 0.05) is 45.3 Å². The molecule has 0 aliphatic carbocycles. The van der Waals surface area contributed by atoms with Gasteiger partial charge in [0.25, 0.3) is 5.91 Å². The molecule has 1 amide bonds. The minimum absolute atomic E-state index is 0.0673. The average molecular weight is 429 g/mol. The minimum atomic E-state index is -0.366. The first kappa shape index (κ1) is 20.3. The zero-order valence-corrected chi connectivity index (χ0v) is 17.9. The van der Waals surface area contributed by atoms with Crippen LogP contribution >= 0.6 is 0 Å². The predicted molar refractivity (Wildman–Crippen MR) is 122 cm³/mol. The third kappa shape index (κ3) is 3.87. The summed E-state index contributed by atoms with van der Waals surface area (Å²) in [6, 6.07) is 18.5. The maximum absolute atomic E-state index is 14.4. The number of fused-ring (bicyclic) bond motifs is 1. The number of rotatable bonds is 4. The second kappa shape index (κ2) is 8.51. The molecule has 1 saturated heterocycles. The van der Waals surface area contributed by atoms with E-state index in [0.29, 0.717) is 40.9 Å². The van der Waals surface area contributed by atoms with Crippen LogP contribution in [0.25, 0.3) is 22.3 Å². The summed E-state index contributed by atoms with van der Waals surface area (Å²) in [5, 5.41) is 4.97. The monoisotopic (exact) mass is 429 g/mol. The summed E-state index contributed by atoms with van der Waals surface area (Å²) in [5.74, 6) is -0.434. The van der Waals surface area contributed by atoms with E-state index in [1.807, 2.05) is 23.1 Å². The van der Waals surface area contributed by atoms with Crippen LogP contribution in [0.4, 0.5) is 4.39 Å². The number of nitrogens with zero attached hydrogens (tertiary/aromatic N) is 5. The number of pyridine rings is 1. The first-order valence-electron chi connectivity index (χ1n) is 10.7. The summed E-state index contributed by atoms with van der Waals surface area (Å²) < 4.78 is 16.1. The number of hydrogen-bond donors (Lipinski definition) is 0. The van der Waals surface area contributed by atoms with Crippen LogP contribution in [0.15, 0.2) is 66.9 Å². The number of aromatic nitrogens is 3. The summed E-state index contributed by atoms with van der Waals surface area (Å²) in [5.41, 5.74) is 3.16. The van der Waals surface area contributed by atoms with Crippen molar-refractivity contribution in [2.45, 2.75) is 6.54 Å². The Hall–Kier alpha value is -3.58. The summed E-state index contributed by atoms with van der Waals surface area (Å²) in [6.45, 7) is 3.78. The molecule has 0 saturated carbocycles. The van der Waals surface area contributed by atoms with Gasteiger partial charge in [-0.1, -0.05) is 42.5 Å². The molecule has 2 aromatic heterocycles. The highest BCUT2D eigenvalue weighted by atomic mass is 19.1. The maximum Gasteiger partial charge on any atom is 0.254 e. The topological polar surface area (TPSA) is 54.3 Å². The number of halogens is 1. The summed E-state index contributed by atoms with van der Waals surface area (Å²) >= 11 is 0. The standard InChI is InChI=1S/C25H24FN5O/c1-29-24-21(16-27-29)20(15-23(28-24)19-9-5-6-10-22(19)26)25(32)31-13-11-30(12-14-31)17-18-7-3-2-4-8-18/h2-10,15-16H,11-14,17H2,1H3. The van der Waals surface area contributed by atoms with Crippen LogP contribution in [0.1, 0.15) is 15.9 Å².